The summed E-state index contributed by atoms with van der Waals surface area (Å²) >= 11 is 0. The molecule has 2 aromatic carbocycles. The largest absolute Gasteiger partial charge is 0.487 e. The number of hydrogen-bond donors (Lipinski definition) is 1. The SMILES string of the molecule is OC(Cn1cnnn1)(c1ccc(F)cc1F)C(F)(F)c1ccc(OCc2ccc(F)c(F)c2)cn1. The van der Waals surface area contributed by atoms with Crippen molar-refractivity contribution in [3.05, 3.63) is 101 Å². The molecule has 0 bridgehead atoms. The number of aliphatic hydroxyl groups is 1. The summed E-state index contributed by atoms with van der Waals surface area (Å²) in [7, 11) is 0. The van der Waals surface area contributed by atoms with Crippen molar-refractivity contribution in [3.63, 3.8) is 0 Å². The number of halogens is 6. The Kier molecular flexibility index (Phi) is 6.43. The molecule has 1 unspecified atom stereocenters. The maximum absolute atomic E-state index is 15.7. The number of benzene rings is 2. The Hall–Kier alpha value is -4.00. The molecule has 13 heteroatoms. The molecule has 0 fully saturated rings. The van der Waals surface area contributed by atoms with Crippen LogP contribution in [0.15, 0.2) is 61.1 Å². The minimum absolute atomic E-state index is 0.00580. The van der Waals surface area contributed by atoms with Crippen molar-refractivity contribution in [3.8, 4) is 5.75 Å². The standard InChI is InChI=1S/C22H15F6N5O2/c23-14-2-4-16(18(25)8-14)21(34,11-33-12-30-31-32-33)22(27,28)20-6-3-15(9-29-20)35-10-13-1-5-17(24)19(26)7-13/h1-9,12,34H,10-11H2. The van der Waals surface area contributed by atoms with E-state index in [0.29, 0.717) is 12.1 Å². The first-order valence-electron chi connectivity index (χ1n) is 9.90. The van der Waals surface area contributed by atoms with Crippen molar-refractivity contribution in [1.29, 1.82) is 0 Å². The van der Waals surface area contributed by atoms with Crippen molar-refractivity contribution in [2.24, 2.45) is 0 Å². The summed E-state index contributed by atoms with van der Waals surface area (Å²) in [6.07, 6.45) is 1.85. The maximum atomic E-state index is 15.7. The highest BCUT2D eigenvalue weighted by Gasteiger charge is 2.58. The monoisotopic (exact) mass is 495 g/mol. The quantitative estimate of drug-likeness (QED) is 0.374. The van der Waals surface area contributed by atoms with Gasteiger partial charge in [-0.1, -0.05) is 6.07 Å². The van der Waals surface area contributed by atoms with E-state index in [1.54, 1.807) is 0 Å². The van der Waals surface area contributed by atoms with Crippen LogP contribution < -0.4 is 4.74 Å². The van der Waals surface area contributed by atoms with Crippen LogP contribution in [-0.2, 0) is 24.7 Å². The number of rotatable bonds is 8. The summed E-state index contributed by atoms with van der Waals surface area (Å²) in [4.78, 5) is 3.64. The average Bonchev–Trinajstić information content (AvgIpc) is 3.32. The van der Waals surface area contributed by atoms with Gasteiger partial charge in [-0.2, -0.15) is 8.78 Å². The molecule has 0 aliphatic rings. The number of pyridine rings is 1. The van der Waals surface area contributed by atoms with Crippen LogP contribution in [0.3, 0.4) is 0 Å². The minimum atomic E-state index is -4.23. The zero-order valence-electron chi connectivity index (χ0n) is 17.5. The Morgan fingerprint density at radius 1 is 0.914 bits per heavy atom. The summed E-state index contributed by atoms with van der Waals surface area (Å²) < 4.78 is 91.7. The topological polar surface area (TPSA) is 86.0 Å². The number of tetrazole rings is 1. The zero-order valence-corrected chi connectivity index (χ0v) is 17.5. The third-order valence-corrected chi connectivity index (χ3v) is 5.13. The summed E-state index contributed by atoms with van der Waals surface area (Å²) in [6.45, 7) is -1.20. The van der Waals surface area contributed by atoms with Gasteiger partial charge in [0.15, 0.2) is 17.2 Å². The van der Waals surface area contributed by atoms with Gasteiger partial charge in [0.1, 0.15) is 36.0 Å². The molecule has 0 saturated heterocycles. The Morgan fingerprint density at radius 3 is 2.34 bits per heavy atom. The normalized spacial score (nSPS) is 13.5. The van der Waals surface area contributed by atoms with Gasteiger partial charge in [-0.25, -0.2) is 22.2 Å². The van der Waals surface area contributed by atoms with Crippen molar-refractivity contribution >= 4 is 0 Å². The van der Waals surface area contributed by atoms with Gasteiger partial charge >= 0.3 is 5.92 Å². The number of ether oxygens (including phenoxy) is 1. The molecular formula is C22H15F6N5O2. The molecule has 2 aromatic heterocycles. The molecule has 0 amide bonds. The van der Waals surface area contributed by atoms with Gasteiger partial charge < -0.3 is 9.84 Å². The van der Waals surface area contributed by atoms with E-state index < -0.39 is 52.6 Å². The minimum Gasteiger partial charge on any atom is -0.487 e. The zero-order chi connectivity index (χ0) is 25.2. The summed E-state index contributed by atoms with van der Waals surface area (Å²) in [5, 5.41) is 21.2. The number of alkyl halides is 2. The molecule has 0 radical (unpaired) electrons. The average molecular weight is 495 g/mol. The van der Waals surface area contributed by atoms with Gasteiger partial charge in [0.25, 0.3) is 0 Å². The third kappa shape index (κ3) is 4.80. The molecule has 0 spiro atoms. The first kappa shape index (κ1) is 24.1. The van der Waals surface area contributed by atoms with Gasteiger partial charge in [-0.15, -0.1) is 5.10 Å². The molecule has 1 atom stereocenters. The molecule has 35 heavy (non-hydrogen) atoms. The number of hydrogen-bond acceptors (Lipinski definition) is 6. The molecule has 4 rings (SSSR count). The highest BCUT2D eigenvalue weighted by molar-refractivity contribution is 5.32. The molecule has 0 saturated carbocycles. The van der Waals surface area contributed by atoms with Crippen LogP contribution in [0.1, 0.15) is 16.8 Å². The van der Waals surface area contributed by atoms with Crippen molar-refractivity contribution < 1.29 is 36.2 Å². The fourth-order valence-corrected chi connectivity index (χ4v) is 3.33. The Balaban J connectivity index is 1.63. The lowest BCUT2D eigenvalue weighted by Crippen LogP contribution is -2.48. The predicted octanol–water partition coefficient (Wildman–Crippen LogP) is 3.88. The molecule has 7 nitrogen and oxygen atoms in total. The second-order valence-corrected chi connectivity index (χ2v) is 7.48. The van der Waals surface area contributed by atoms with Gasteiger partial charge in [-0.3, -0.25) is 4.98 Å². The van der Waals surface area contributed by atoms with Gasteiger partial charge in [-0.05, 0) is 52.4 Å². The first-order chi connectivity index (χ1) is 16.6. The van der Waals surface area contributed by atoms with Crippen molar-refractivity contribution in [2.75, 3.05) is 0 Å². The maximum Gasteiger partial charge on any atom is 0.323 e. The third-order valence-electron chi connectivity index (χ3n) is 5.13. The predicted molar refractivity (Wildman–Crippen MR) is 107 cm³/mol. The van der Waals surface area contributed by atoms with Crippen LogP contribution >= 0.6 is 0 Å². The molecule has 4 aromatic rings. The van der Waals surface area contributed by atoms with Crippen LogP contribution in [0.2, 0.25) is 0 Å². The van der Waals surface area contributed by atoms with E-state index in [1.807, 2.05) is 0 Å². The molecule has 2 heterocycles. The van der Waals surface area contributed by atoms with E-state index in [4.69, 9.17) is 4.74 Å². The Bertz CT molecular complexity index is 1320. The van der Waals surface area contributed by atoms with Crippen LogP contribution in [-0.4, -0.2) is 30.3 Å². The fraction of sp³-hybridized carbons (Fsp3) is 0.182. The van der Waals surface area contributed by atoms with E-state index in [1.165, 1.54) is 6.07 Å². The molecule has 182 valence electrons. The van der Waals surface area contributed by atoms with Gasteiger partial charge in [0.05, 0.1) is 12.7 Å². The summed E-state index contributed by atoms with van der Waals surface area (Å²) in [5.41, 5.74) is -4.86. The first-order valence-corrected chi connectivity index (χ1v) is 9.90. The highest BCUT2D eigenvalue weighted by atomic mass is 19.3. The molecule has 1 N–H and O–H groups in total. The van der Waals surface area contributed by atoms with E-state index in [9.17, 15) is 22.7 Å². The van der Waals surface area contributed by atoms with Gasteiger partial charge in [0, 0.05) is 11.6 Å². The summed E-state index contributed by atoms with van der Waals surface area (Å²) in [5.74, 6) is -8.77. The molecule has 0 aliphatic heterocycles. The van der Waals surface area contributed by atoms with Gasteiger partial charge in [0.2, 0.25) is 0 Å². The second-order valence-electron chi connectivity index (χ2n) is 7.48. The van der Waals surface area contributed by atoms with Crippen LogP contribution in [0.25, 0.3) is 0 Å². The molecule has 0 aliphatic carbocycles. The van der Waals surface area contributed by atoms with Crippen LogP contribution in [0.5, 0.6) is 5.75 Å². The lowest BCUT2D eigenvalue weighted by atomic mass is 9.84. The Labute approximate surface area is 193 Å². The van der Waals surface area contributed by atoms with E-state index in [0.717, 1.165) is 47.5 Å². The lowest BCUT2D eigenvalue weighted by Gasteiger charge is -2.35. The molecular weight excluding hydrogens is 480 g/mol. The lowest BCUT2D eigenvalue weighted by molar-refractivity contribution is -0.207. The van der Waals surface area contributed by atoms with Crippen LogP contribution in [0.4, 0.5) is 26.3 Å². The van der Waals surface area contributed by atoms with E-state index >= 15 is 8.78 Å². The number of nitrogens with zero attached hydrogens (tertiary/aromatic N) is 5. The van der Waals surface area contributed by atoms with E-state index in [2.05, 4.69) is 20.5 Å². The smallest absolute Gasteiger partial charge is 0.323 e. The van der Waals surface area contributed by atoms with Crippen molar-refractivity contribution in [2.45, 2.75) is 24.7 Å². The Morgan fingerprint density at radius 2 is 1.71 bits per heavy atom. The fourth-order valence-electron chi connectivity index (χ4n) is 3.33. The van der Waals surface area contributed by atoms with Crippen molar-refractivity contribution in [1.82, 2.24) is 25.2 Å². The summed E-state index contributed by atoms with van der Waals surface area (Å²) in [6, 6.07) is 6.84. The van der Waals surface area contributed by atoms with Crippen LogP contribution in [0, 0.1) is 23.3 Å². The second kappa shape index (κ2) is 9.33. The van der Waals surface area contributed by atoms with E-state index in [-0.39, 0.29) is 17.9 Å². The highest BCUT2D eigenvalue weighted by Crippen LogP contribution is 2.46. The number of aromatic nitrogens is 5.